The highest BCUT2D eigenvalue weighted by molar-refractivity contribution is 6.07. The first-order valence-electron chi connectivity index (χ1n) is 12.0. The molecule has 0 saturated heterocycles. The van der Waals surface area contributed by atoms with E-state index in [4.69, 9.17) is 4.42 Å². The zero-order valence-electron chi connectivity index (χ0n) is 20.2. The molecular weight excluding hydrogens is 430 g/mol. The molecule has 1 aromatic carbocycles. The molecular formula is C26H33N5O3. The van der Waals surface area contributed by atoms with Crippen LogP contribution in [0.25, 0.3) is 21.8 Å². The van der Waals surface area contributed by atoms with E-state index in [0.717, 1.165) is 41.4 Å². The number of hydrogen-bond donors (Lipinski definition) is 1. The van der Waals surface area contributed by atoms with Gasteiger partial charge in [0.15, 0.2) is 0 Å². The number of para-hydroxylation sites is 1. The van der Waals surface area contributed by atoms with E-state index in [9.17, 15) is 9.59 Å². The molecule has 1 N–H and O–H groups in total. The van der Waals surface area contributed by atoms with Crippen LogP contribution in [0.5, 0.6) is 0 Å². The molecule has 3 heterocycles. The number of aromatic nitrogens is 3. The molecule has 0 aliphatic heterocycles. The lowest BCUT2D eigenvalue weighted by atomic mass is 10.2. The van der Waals surface area contributed by atoms with Crippen molar-refractivity contribution in [2.45, 2.75) is 59.3 Å². The van der Waals surface area contributed by atoms with Crippen molar-refractivity contribution in [3.63, 3.8) is 0 Å². The topological polar surface area (TPSA) is 85.3 Å². The second-order valence-electron chi connectivity index (χ2n) is 8.70. The third-order valence-electron chi connectivity index (χ3n) is 6.39. The lowest BCUT2D eigenvalue weighted by Crippen LogP contribution is -2.41. The Labute approximate surface area is 199 Å². The molecule has 1 atom stereocenters. The van der Waals surface area contributed by atoms with Crippen molar-refractivity contribution in [1.29, 1.82) is 0 Å². The van der Waals surface area contributed by atoms with E-state index >= 15 is 0 Å². The van der Waals surface area contributed by atoms with Gasteiger partial charge < -0.3 is 14.3 Å². The van der Waals surface area contributed by atoms with Gasteiger partial charge in [0.05, 0.1) is 19.0 Å². The van der Waals surface area contributed by atoms with Crippen LogP contribution < -0.4 is 10.9 Å². The van der Waals surface area contributed by atoms with Gasteiger partial charge in [0, 0.05) is 42.0 Å². The van der Waals surface area contributed by atoms with Crippen LogP contribution in [-0.4, -0.2) is 44.3 Å². The molecule has 0 aliphatic carbocycles. The van der Waals surface area contributed by atoms with Gasteiger partial charge >= 0.3 is 0 Å². The van der Waals surface area contributed by atoms with Crippen LogP contribution >= 0.6 is 0 Å². The summed E-state index contributed by atoms with van der Waals surface area (Å²) in [6.45, 7) is 8.88. The first kappa shape index (κ1) is 23.8. The third-order valence-corrected chi connectivity index (χ3v) is 6.39. The van der Waals surface area contributed by atoms with Gasteiger partial charge in [0.1, 0.15) is 17.8 Å². The average molecular weight is 464 g/mol. The van der Waals surface area contributed by atoms with Crippen molar-refractivity contribution in [3.05, 3.63) is 65.0 Å². The van der Waals surface area contributed by atoms with E-state index < -0.39 is 0 Å². The Hall–Kier alpha value is -3.39. The van der Waals surface area contributed by atoms with Crippen LogP contribution in [0.4, 0.5) is 0 Å². The van der Waals surface area contributed by atoms with Crippen molar-refractivity contribution in [2.24, 2.45) is 0 Å². The Kier molecular flexibility index (Phi) is 7.47. The lowest BCUT2D eigenvalue weighted by Gasteiger charge is -2.27. The maximum absolute atomic E-state index is 13.3. The number of nitrogens with zero attached hydrogens (tertiary/aromatic N) is 4. The lowest BCUT2D eigenvalue weighted by molar-refractivity contribution is -0.122. The molecule has 0 unspecified atom stereocenters. The summed E-state index contributed by atoms with van der Waals surface area (Å²) in [5.74, 6) is 0.673. The van der Waals surface area contributed by atoms with Crippen LogP contribution in [0.15, 0.2) is 58.1 Å². The molecule has 0 aliphatic rings. The molecule has 8 nitrogen and oxygen atoms in total. The second kappa shape index (κ2) is 10.7. The maximum atomic E-state index is 13.3. The number of carbonyl (C=O) groups is 1. The van der Waals surface area contributed by atoms with Gasteiger partial charge in [0.2, 0.25) is 5.91 Å². The van der Waals surface area contributed by atoms with E-state index in [1.165, 1.54) is 4.68 Å². The standard InChI is InChI=1S/C26H33N5O3/c1-4-13-30-23-11-7-6-10-21(23)22-16-28-31(26(33)25(22)30)18-24(32)27-12-14-29(19(3)5-2)17-20-9-8-15-34-20/h6-11,15-16,19H,4-5,12-14,17-18H2,1-3H3,(H,27,32)/t19-/m0/s1. The zero-order valence-corrected chi connectivity index (χ0v) is 20.2. The normalized spacial score (nSPS) is 12.6. The molecule has 34 heavy (non-hydrogen) atoms. The summed E-state index contributed by atoms with van der Waals surface area (Å²) in [5, 5.41) is 9.09. The number of benzene rings is 1. The van der Waals surface area contributed by atoms with E-state index in [0.29, 0.717) is 31.2 Å². The van der Waals surface area contributed by atoms with Gasteiger partial charge in [-0.1, -0.05) is 32.0 Å². The Morgan fingerprint density at radius 2 is 2.00 bits per heavy atom. The highest BCUT2D eigenvalue weighted by Gasteiger charge is 2.17. The van der Waals surface area contributed by atoms with Gasteiger partial charge in [-0.25, -0.2) is 4.68 Å². The van der Waals surface area contributed by atoms with E-state index in [2.05, 4.69) is 36.1 Å². The number of fused-ring (bicyclic) bond motifs is 3. The van der Waals surface area contributed by atoms with Crippen LogP contribution in [0, 0.1) is 0 Å². The van der Waals surface area contributed by atoms with Crippen LogP contribution in [-0.2, 0) is 24.4 Å². The SMILES string of the molecule is CCCn1c2ccccc2c2cnn(CC(=O)NCCN(Cc3ccco3)[C@@H](C)CC)c(=O)c21. The number of nitrogens with one attached hydrogen (secondary N) is 1. The van der Waals surface area contributed by atoms with Crippen LogP contribution in [0.1, 0.15) is 39.4 Å². The van der Waals surface area contributed by atoms with Crippen molar-refractivity contribution >= 4 is 27.7 Å². The Bertz CT molecular complexity index is 1310. The molecule has 0 bridgehead atoms. The number of hydrogen-bond acceptors (Lipinski definition) is 5. The largest absolute Gasteiger partial charge is 0.468 e. The number of amides is 1. The van der Waals surface area contributed by atoms with E-state index in [1.807, 2.05) is 41.0 Å². The van der Waals surface area contributed by atoms with Gasteiger partial charge in [-0.05, 0) is 38.0 Å². The average Bonchev–Trinajstić information content (AvgIpc) is 3.47. The minimum atomic E-state index is -0.239. The maximum Gasteiger partial charge on any atom is 0.291 e. The van der Waals surface area contributed by atoms with E-state index in [-0.39, 0.29) is 18.0 Å². The van der Waals surface area contributed by atoms with Crippen molar-refractivity contribution in [3.8, 4) is 0 Å². The molecule has 0 fully saturated rings. The van der Waals surface area contributed by atoms with Crippen LogP contribution in [0.2, 0.25) is 0 Å². The van der Waals surface area contributed by atoms with Gasteiger partial charge in [-0.15, -0.1) is 0 Å². The number of carbonyl (C=O) groups excluding carboxylic acids is 1. The fourth-order valence-corrected chi connectivity index (χ4v) is 4.41. The molecule has 8 heteroatoms. The summed E-state index contributed by atoms with van der Waals surface area (Å²) in [6, 6.07) is 12.2. The molecule has 0 saturated carbocycles. The molecule has 3 aromatic heterocycles. The molecule has 0 radical (unpaired) electrons. The van der Waals surface area contributed by atoms with Crippen LogP contribution in [0.3, 0.4) is 0 Å². The summed E-state index contributed by atoms with van der Waals surface area (Å²) in [5.41, 5.74) is 1.38. The van der Waals surface area contributed by atoms with Crippen molar-refractivity contribution < 1.29 is 9.21 Å². The van der Waals surface area contributed by atoms with Gasteiger partial charge in [-0.3, -0.25) is 14.5 Å². The molecule has 4 rings (SSSR count). The van der Waals surface area contributed by atoms with Gasteiger partial charge in [0.25, 0.3) is 5.56 Å². The molecule has 4 aromatic rings. The monoisotopic (exact) mass is 463 g/mol. The summed E-state index contributed by atoms with van der Waals surface area (Å²) >= 11 is 0. The zero-order chi connectivity index (χ0) is 24.1. The quantitative estimate of drug-likeness (QED) is 0.366. The predicted molar refractivity (Wildman–Crippen MR) is 134 cm³/mol. The fraction of sp³-hybridized carbons (Fsp3) is 0.423. The van der Waals surface area contributed by atoms with Gasteiger partial charge in [-0.2, -0.15) is 5.10 Å². The number of furan rings is 1. The first-order chi connectivity index (χ1) is 16.5. The number of rotatable bonds is 11. The summed E-state index contributed by atoms with van der Waals surface area (Å²) in [7, 11) is 0. The Morgan fingerprint density at radius 3 is 2.74 bits per heavy atom. The fourth-order valence-electron chi connectivity index (χ4n) is 4.41. The summed E-state index contributed by atoms with van der Waals surface area (Å²) in [4.78, 5) is 28.2. The highest BCUT2D eigenvalue weighted by atomic mass is 16.3. The minimum absolute atomic E-state index is 0.107. The highest BCUT2D eigenvalue weighted by Crippen LogP contribution is 2.26. The Morgan fingerprint density at radius 1 is 1.18 bits per heavy atom. The summed E-state index contributed by atoms with van der Waals surface area (Å²) in [6.07, 6.45) is 5.28. The van der Waals surface area contributed by atoms with Crippen molar-refractivity contribution in [1.82, 2.24) is 24.6 Å². The molecule has 1 amide bonds. The summed E-state index contributed by atoms with van der Waals surface area (Å²) < 4.78 is 8.79. The third kappa shape index (κ3) is 4.92. The van der Waals surface area contributed by atoms with Crippen molar-refractivity contribution in [2.75, 3.05) is 13.1 Å². The Balaban J connectivity index is 1.46. The first-order valence-corrected chi connectivity index (χ1v) is 12.0. The minimum Gasteiger partial charge on any atom is -0.468 e. The second-order valence-corrected chi connectivity index (χ2v) is 8.70. The smallest absolute Gasteiger partial charge is 0.291 e. The number of aryl methyl sites for hydroxylation is 1. The van der Waals surface area contributed by atoms with E-state index in [1.54, 1.807) is 12.5 Å². The molecule has 180 valence electrons. The predicted octanol–water partition coefficient (Wildman–Crippen LogP) is 3.77. The molecule has 0 spiro atoms.